The van der Waals surface area contributed by atoms with E-state index in [0.717, 1.165) is 0 Å². The molecule has 0 radical (unpaired) electrons. The predicted octanol–water partition coefficient (Wildman–Crippen LogP) is 2.77. The topological polar surface area (TPSA) is 84.2 Å². The molecule has 0 saturated carbocycles. The highest BCUT2D eigenvalue weighted by molar-refractivity contribution is 5.93. The minimum absolute atomic E-state index is 0.148. The SMILES string of the molecule is CCC(CC)(CC(=O)O)NC(=O)c1ccn(-c2ccc(F)cc2)n1. The van der Waals surface area contributed by atoms with E-state index < -0.39 is 17.4 Å². The molecule has 1 amide bonds. The molecule has 0 aliphatic rings. The third-order valence-corrected chi connectivity index (χ3v) is 4.13. The summed E-state index contributed by atoms with van der Waals surface area (Å²) in [6, 6.07) is 7.26. The number of benzene rings is 1. The van der Waals surface area contributed by atoms with Gasteiger partial charge >= 0.3 is 5.97 Å². The Kier molecular flexibility index (Phi) is 5.33. The van der Waals surface area contributed by atoms with E-state index in [-0.39, 0.29) is 17.9 Å². The molecule has 6 nitrogen and oxygen atoms in total. The highest BCUT2D eigenvalue weighted by atomic mass is 19.1. The fourth-order valence-corrected chi connectivity index (χ4v) is 2.50. The summed E-state index contributed by atoms with van der Waals surface area (Å²) in [5.41, 5.74) is -0.00280. The first-order valence-electron chi connectivity index (χ1n) is 7.75. The summed E-state index contributed by atoms with van der Waals surface area (Å²) in [4.78, 5) is 23.5. The van der Waals surface area contributed by atoms with Crippen LogP contribution < -0.4 is 5.32 Å². The normalized spacial score (nSPS) is 11.3. The Labute approximate surface area is 139 Å². The predicted molar refractivity (Wildman–Crippen MR) is 86.6 cm³/mol. The molecule has 2 aromatic rings. The lowest BCUT2D eigenvalue weighted by atomic mass is 9.89. The van der Waals surface area contributed by atoms with E-state index in [9.17, 15) is 14.0 Å². The number of aromatic nitrogens is 2. The summed E-state index contributed by atoms with van der Waals surface area (Å²) in [7, 11) is 0. The smallest absolute Gasteiger partial charge is 0.305 e. The fraction of sp³-hybridized carbons (Fsp3) is 0.353. The van der Waals surface area contributed by atoms with Gasteiger partial charge in [0, 0.05) is 6.20 Å². The number of aliphatic carboxylic acids is 1. The molecule has 0 aliphatic carbocycles. The molecule has 1 aromatic carbocycles. The van der Waals surface area contributed by atoms with Crippen molar-refractivity contribution in [3.8, 4) is 5.69 Å². The molecule has 7 heteroatoms. The highest BCUT2D eigenvalue weighted by Crippen LogP contribution is 2.20. The van der Waals surface area contributed by atoms with Crippen molar-refractivity contribution in [3.05, 3.63) is 48.0 Å². The second-order valence-corrected chi connectivity index (χ2v) is 5.63. The number of rotatable bonds is 7. The third-order valence-electron chi connectivity index (χ3n) is 4.13. The lowest BCUT2D eigenvalue weighted by Crippen LogP contribution is -2.49. The standard InChI is InChI=1S/C17H20FN3O3/c1-3-17(4-2,11-15(22)23)19-16(24)14-9-10-21(20-14)13-7-5-12(18)6-8-13/h5-10H,3-4,11H2,1-2H3,(H,19,24)(H,22,23). The molecule has 0 unspecified atom stereocenters. The summed E-state index contributed by atoms with van der Waals surface area (Å²) in [6.07, 6.45) is 2.45. The van der Waals surface area contributed by atoms with Crippen molar-refractivity contribution in [1.29, 1.82) is 0 Å². The molecule has 0 aliphatic heterocycles. The molecule has 0 bridgehead atoms. The van der Waals surface area contributed by atoms with Crippen LogP contribution in [0.5, 0.6) is 0 Å². The number of nitrogens with one attached hydrogen (secondary N) is 1. The average molecular weight is 333 g/mol. The lowest BCUT2D eigenvalue weighted by molar-refractivity contribution is -0.138. The maximum absolute atomic E-state index is 13.0. The second kappa shape index (κ2) is 7.25. The van der Waals surface area contributed by atoms with Crippen LogP contribution in [-0.4, -0.2) is 32.3 Å². The van der Waals surface area contributed by atoms with Crippen LogP contribution in [0.4, 0.5) is 4.39 Å². The summed E-state index contributed by atoms with van der Waals surface area (Å²) < 4.78 is 14.4. The molecule has 128 valence electrons. The molecular weight excluding hydrogens is 313 g/mol. The Hall–Kier alpha value is -2.70. The van der Waals surface area contributed by atoms with E-state index >= 15 is 0 Å². The number of hydrogen-bond donors (Lipinski definition) is 2. The highest BCUT2D eigenvalue weighted by Gasteiger charge is 2.31. The Morgan fingerprint density at radius 1 is 1.21 bits per heavy atom. The van der Waals surface area contributed by atoms with Crippen LogP contribution in [0.15, 0.2) is 36.5 Å². The second-order valence-electron chi connectivity index (χ2n) is 5.63. The van der Waals surface area contributed by atoms with Gasteiger partial charge in [-0.2, -0.15) is 5.10 Å². The zero-order chi connectivity index (χ0) is 17.7. The maximum atomic E-state index is 13.0. The van der Waals surface area contributed by atoms with Crippen LogP contribution in [0.3, 0.4) is 0 Å². The molecule has 0 atom stereocenters. The van der Waals surface area contributed by atoms with Gasteiger partial charge in [0.05, 0.1) is 17.6 Å². The van der Waals surface area contributed by atoms with Crippen LogP contribution in [0.2, 0.25) is 0 Å². The molecule has 0 spiro atoms. The average Bonchev–Trinajstić information content (AvgIpc) is 3.04. The largest absolute Gasteiger partial charge is 0.481 e. The van der Waals surface area contributed by atoms with Crippen LogP contribution in [0, 0.1) is 5.82 Å². The Bertz CT molecular complexity index is 721. The molecule has 1 aromatic heterocycles. The van der Waals surface area contributed by atoms with E-state index in [1.807, 2.05) is 13.8 Å². The quantitative estimate of drug-likeness (QED) is 0.816. The number of amides is 1. The van der Waals surface area contributed by atoms with Crippen molar-refractivity contribution in [1.82, 2.24) is 15.1 Å². The van der Waals surface area contributed by atoms with Gasteiger partial charge in [0.25, 0.3) is 5.91 Å². The van der Waals surface area contributed by atoms with E-state index in [2.05, 4.69) is 10.4 Å². The fourth-order valence-electron chi connectivity index (χ4n) is 2.50. The molecule has 2 rings (SSSR count). The van der Waals surface area contributed by atoms with E-state index in [4.69, 9.17) is 5.11 Å². The first-order chi connectivity index (χ1) is 11.4. The monoisotopic (exact) mass is 333 g/mol. The van der Waals surface area contributed by atoms with Crippen molar-refractivity contribution in [3.63, 3.8) is 0 Å². The number of carbonyl (C=O) groups excluding carboxylic acids is 1. The van der Waals surface area contributed by atoms with Gasteiger partial charge in [0.2, 0.25) is 0 Å². The van der Waals surface area contributed by atoms with Crippen molar-refractivity contribution in [2.24, 2.45) is 0 Å². The van der Waals surface area contributed by atoms with Gasteiger partial charge in [-0.05, 0) is 43.2 Å². The zero-order valence-corrected chi connectivity index (χ0v) is 13.6. The molecular formula is C17H20FN3O3. The first-order valence-corrected chi connectivity index (χ1v) is 7.75. The molecule has 0 saturated heterocycles. The minimum Gasteiger partial charge on any atom is -0.481 e. The summed E-state index contributed by atoms with van der Waals surface area (Å²) in [5.74, 6) is -1.75. The van der Waals surface area contributed by atoms with Gasteiger partial charge in [-0.15, -0.1) is 0 Å². The first kappa shape index (κ1) is 17.7. The van der Waals surface area contributed by atoms with Gasteiger partial charge in [-0.25, -0.2) is 9.07 Å². The number of carboxylic acid groups (broad SMARTS) is 1. The summed E-state index contributed by atoms with van der Waals surface area (Å²) in [6.45, 7) is 3.67. The van der Waals surface area contributed by atoms with Gasteiger partial charge in [-0.3, -0.25) is 9.59 Å². The van der Waals surface area contributed by atoms with E-state index in [0.29, 0.717) is 18.5 Å². The minimum atomic E-state index is -0.962. The third kappa shape index (κ3) is 3.98. The molecule has 0 fully saturated rings. The van der Waals surface area contributed by atoms with E-state index in [1.165, 1.54) is 22.9 Å². The van der Waals surface area contributed by atoms with Crippen LogP contribution in [-0.2, 0) is 4.79 Å². The Morgan fingerprint density at radius 2 is 1.83 bits per heavy atom. The molecule has 24 heavy (non-hydrogen) atoms. The zero-order valence-electron chi connectivity index (χ0n) is 13.6. The number of halogens is 1. The lowest BCUT2D eigenvalue weighted by Gasteiger charge is -2.31. The van der Waals surface area contributed by atoms with Crippen molar-refractivity contribution in [2.45, 2.75) is 38.6 Å². The number of carboxylic acids is 1. The Morgan fingerprint density at radius 3 is 2.38 bits per heavy atom. The maximum Gasteiger partial charge on any atom is 0.305 e. The molecule has 2 N–H and O–H groups in total. The van der Waals surface area contributed by atoms with Crippen LogP contribution in [0.1, 0.15) is 43.6 Å². The summed E-state index contributed by atoms with van der Waals surface area (Å²) >= 11 is 0. The summed E-state index contributed by atoms with van der Waals surface area (Å²) in [5, 5.41) is 16.0. The van der Waals surface area contributed by atoms with Crippen molar-refractivity contribution in [2.75, 3.05) is 0 Å². The van der Waals surface area contributed by atoms with Crippen LogP contribution >= 0.6 is 0 Å². The van der Waals surface area contributed by atoms with Crippen molar-refractivity contribution >= 4 is 11.9 Å². The van der Waals surface area contributed by atoms with E-state index in [1.54, 1.807) is 18.3 Å². The van der Waals surface area contributed by atoms with Gasteiger partial charge in [0.15, 0.2) is 5.69 Å². The number of carbonyl (C=O) groups is 2. The van der Waals surface area contributed by atoms with Crippen LogP contribution in [0.25, 0.3) is 5.69 Å². The van der Waals surface area contributed by atoms with Gasteiger partial charge in [-0.1, -0.05) is 13.8 Å². The molecule has 1 heterocycles. The number of hydrogen-bond acceptors (Lipinski definition) is 3. The van der Waals surface area contributed by atoms with Gasteiger partial charge in [0.1, 0.15) is 5.82 Å². The Balaban J connectivity index is 2.18. The van der Waals surface area contributed by atoms with Gasteiger partial charge < -0.3 is 10.4 Å². The number of nitrogens with zero attached hydrogens (tertiary/aromatic N) is 2. The van der Waals surface area contributed by atoms with Crippen molar-refractivity contribution < 1.29 is 19.1 Å².